The van der Waals surface area contributed by atoms with Crippen LogP contribution in [0.4, 0.5) is 5.69 Å². The minimum Gasteiger partial charge on any atom is -0.507 e. The third-order valence-corrected chi connectivity index (χ3v) is 5.54. The molecule has 1 amide bonds. The van der Waals surface area contributed by atoms with E-state index in [0.29, 0.717) is 21.9 Å². The van der Waals surface area contributed by atoms with Crippen LogP contribution < -0.4 is 4.90 Å². The largest absolute Gasteiger partial charge is 0.507 e. The summed E-state index contributed by atoms with van der Waals surface area (Å²) < 4.78 is 5.40. The van der Waals surface area contributed by atoms with E-state index in [4.69, 9.17) is 16.0 Å². The SMILES string of the molecule is CN(C)c1ccc([C@H]2/C(=C(\O)c3ccc(Cl)cc3)C(=O)C(=O)N2Cc2ccco2)cc1. The van der Waals surface area contributed by atoms with Crippen molar-refractivity contribution in [3.63, 3.8) is 0 Å². The van der Waals surface area contributed by atoms with Gasteiger partial charge in [0, 0.05) is 30.4 Å². The van der Waals surface area contributed by atoms with Gasteiger partial charge < -0.3 is 19.3 Å². The van der Waals surface area contributed by atoms with Gasteiger partial charge in [-0.3, -0.25) is 9.59 Å². The summed E-state index contributed by atoms with van der Waals surface area (Å²) in [6.45, 7) is 0.106. The van der Waals surface area contributed by atoms with Crippen molar-refractivity contribution in [3.05, 3.63) is 94.4 Å². The number of aliphatic hydroxyl groups excluding tert-OH is 1. The van der Waals surface area contributed by atoms with Gasteiger partial charge in [-0.2, -0.15) is 0 Å². The summed E-state index contributed by atoms with van der Waals surface area (Å²) in [6.07, 6.45) is 1.51. The summed E-state index contributed by atoms with van der Waals surface area (Å²) >= 11 is 5.95. The fourth-order valence-corrected chi connectivity index (χ4v) is 3.80. The Morgan fingerprint density at radius 3 is 2.32 bits per heavy atom. The second-order valence-electron chi connectivity index (χ2n) is 7.50. The van der Waals surface area contributed by atoms with Gasteiger partial charge in [-0.25, -0.2) is 0 Å². The number of halogens is 1. The van der Waals surface area contributed by atoms with Crippen LogP contribution in [0.15, 0.2) is 76.9 Å². The zero-order valence-corrected chi connectivity index (χ0v) is 17.8. The van der Waals surface area contributed by atoms with E-state index in [2.05, 4.69) is 0 Å². The molecule has 1 aromatic heterocycles. The van der Waals surface area contributed by atoms with Gasteiger partial charge in [0.2, 0.25) is 0 Å². The second kappa shape index (κ2) is 8.32. The van der Waals surface area contributed by atoms with Crippen molar-refractivity contribution in [1.29, 1.82) is 0 Å². The molecule has 1 aliphatic heterocycles. The zero-order valence-electron chi connectivity index (χ0n) is 17.1. The number of ketones is 1. The predicted molar refractivity (Wildman–Crippen MR) is 119 cm³/mol. The maximum atomic E-state index is 13.0. The molecule has 2 aromatic carbocycles. The van der Waals surface area contributed by atoms with Gasteiger partial charge in [0.1, 0.15) is 11.5 Å². The average molecular weight is 437 g/mol. The fraction of sp³-hybridized carbons (Fsp3) is 0.167. The number of aliphatic hydroxyl groups is 1. The van der Waals surface area contributed by atoms with Crippen LogP contribution >= 0.6 is 11.6 Å². The highest BCUT2D eigenvalue weighted by atomic mass is 35.5. The van der Waals surface area contributed by atoms with E-state index < -0.39 is 17.7 Å². The van der Waals surface area contributed by atoms with E-state index in [-0.39, 0.29) is 17.9 Å². The number of benzene rings is 2. The van der Waals surface area contributed by atoms with Gasteiger partial charge in [-0.1, -0.05) is 23.7 Å². The number of amides is 1. The highest BCUT2D eigenvalue weighted by Gasteiger charge is 2.46. The topological polar surface area (TPSA) is 74.0 Å². The van der Waals surface area contributed by atoms with Crippen LogP contribution in [0.25, 0.3) is 5.76 Å². The molecule has 7 heteroatoms. The summed E-state index contributed by atoms with van der Waals surface area (Å²) in [4.78, 5) is 29.3. The van der Waals surface area contributed by atoms with Gasteiger partial charge in [-0.05, 0) is 54.1 Å². The fourth-order valence-electron chi connectivity index (χ4n) is 3.68. The number of furan rings is 1. The molecule has 1 atom stereocenters. The first-order valence-electron chi connectivity index (χ1n) is 9.71. The summed E-state index contributed by atoms with van der Waals surface area (Å²) in [5.74, 6) is -1.11. The van der Waals surface area contributed by atoms with Crippen molar-refractivity contribution in [2.24, 2.45) is 0 Å². The van der Waals surface area contributed by atoms with E-state index in [1.807, 2.05) is 43.3 Å². The summed E-state index contributed by atoms with van der Waals surface area (Å²) in [6, 6.07) is 16.7. The Hall–Kier alpha value is -3.51. The Balaban J connectivity index is 1.84. The Morgan fingerprint density at radius 1 is 1.06 bits per heavy atom. The van der Waals surface area contributed by atoms with E-state index in [9.17, 15) is 14.7 Å². The van der Waals surface area contributed by atoms with E-state index in [1.165, 1.54) is 11.2 Å². The zero-order chi connectivity index (χ0) is 22.1. The molecule has 0 spiro atoms. The molecule has 1 fully saturated rings. The first kappa shape index (κ1) is 20.8. The molecule has 2 heterocycles. The highest BCUT2D eigenvalue weighted by Crippen LogP contribution is 2.40. The number of nitrogens with zero attached hydrogens (tertiary/aromatic N) is 2. The Morgan fingerprint density at radius 2 is 1.74 bits per heavy atom. The number of Topliss-reactive ketones (excluding diaryl/α,β-unsaturated/α-hetero) is 1. The van der Waals surface area contributed by atoms with Crippen LogP contribution in [0.3, 0.4) is 0 Å². The van der Waals surface area contributed by atoms with E-state index in [0.717, 1.165) is 5.69 Å². The molecule has 158 valence electrons. The monoisotopic (exact) mass is 436 g/mol. The molecule has 0 aliphatic carbocycles. The summed E-state index contributed by atoms with van der Waals surface area (Å²) in [5.41, 5.74) is 2.14. The number of likely N-dealkylation sites (tertiary alicyclic amines) is 1. The molecule has 0 unspecified atom stereocenters. The van der Waals surface area contributed by atoms with E-state index in [1.54, 1.807) is 36.4 Å². The lowest BCUT2D eigenvalue weighted by atomic mass is 9.95. The molecule has 4 rings (SSSR count). The molecule has 0 bridgehead atoms. The first-order valence-corrected chi connectivity index (χ1v) is 10.1. The molecule has 1 saturated heterocycles. The van der Waals surface area contributed by atoms with Crippen LogP contribution in [-0.2, 0) is 16.1 Å². The van der Waals surface area contributed by atoms with Crippen molar-refractivity contribution < 1.29 is 19.1 Å². The first-order chi connectivity index (χ1) is 14.9. The predicted octanol–water partition coefficient (Wildman–Crippen LogP) is 4.62. The number of anilines is 1. The molecule has 1 N–H and O–H groups in total. The Labute approximate surface area is 185 Å². The lowest BCUT2D eigenvalue weighted by Gasteiger charge is -2.25. The van der Waals surface area contributed by atoms with E-state index >= 15 is 0 Å². The van der Waals surface area contributed by atoms with Crippen molar-refractivity contribution in [3.8, 4) is 0 Å². The number of hydrogen-bond acceptors (Lipinski definition) is 5. The van der Waals surface area contributed by atoms with Crippen LogP contribution in [0.2, 0.25) is 5.02 Å². The average Bonchev–Trinajstić information content (AvgIpc) is 3.36. The lowest BCUT2D eigenvalue weighted by molar-refractivity contribution is -0.140. The molecule has 31 heavy (non-hydrogen) atoms. The molecule has 3 aromatic rings. The van der Waals surface area contributed by atoms with Crippen molar-refractivity contribution in [2.75, 3.05) is 19.0 Å². The third kappa shape index (κ3) is 3.94. The molecule has 1 aliphatic rings. The lowest BCUT2D eigenvalue weighted by Crippen LogP contribution is -2.29. The second-order valence-corrected chi connectivity index (χ2v) is 7.94. The summed E-state index contributed by atoms with van der Waals surface area (Å²) in [7, 11) is 3.86. The molecular formula is C24H21ClN2O4. The third-order valence-electron chi connectivity index (χ3n) is 5.29. The van der Waals surface area contributed by atoms with Crippen molar-refractivity contribution >= 4 is 34.7 Å². The Kier molecular flexibility index (Phi) is 5.57. The Bertz CT molecular complexity index is 1130. The minimum atomic E-state index is -0.753. The smallest absolute Gasteiger partial charge is 0.296 e. The molecule has 0 radical (unpaired) electrons. The van der Waals surface area contributed by atoms with Crippen molar-refractivity contribution in [2.45, 2.75) is 12.6 Å². The van der Waals surface area contributed by atoms with Gasteiger partial charge >= 0.3 is 0 Å². The van der Waals surface area contributed by atoms with Crippen molar-refractivity contribution in [1.82, 2.24) is 4.90 Å². The molecule has 0 saturated carbocycles. The molecule has 6 nitrogen and oxygen atoms in total. The maximum absolute atomic E-state index is 13.0. The van der Waals surface area contributed by atoms with Gasteiger partial charge in [0.15, 0.2) is 0 Å². The normalized spacial score (nSPS) is 17.9. The quantitative estimate of drug-likeness (QED) is 0.359. The number of hydrogen-bond donors (Lipinski definition) is 1. The summed E-state index contributed by atoms with van der Waals surface area (Å²) in [5, 5.41) is 11.5. The van der Waals surface area contributed by atoms with Crippen LogP contribution in [0.5, 0.6) is 0 Å². The standard InChI is InChI=1S/C24H21ClN2O4/c1-26(2)18-11-7-15(8-12-18)21-20(22(28)16-5-9-17(25)10-6-16)23(29)24(30)27(21)14-19-4-3-13-31-19/h3-13,21,28H,14H2,1-2H3/b22-20+/t21-/m0/s1. The van der Waals surface area contributed by atoms with Crippen LogP contribution in [-0.4, -0.2) is 35.8 Å². The molecular weight excluding hydrogens is 416 g/mol. The number of carbonyl (C=O) groups is 2. The van der Waals surface area contributed by atoms with Crippen LogP contribution in [0, 0.1) is 0 Å². The van der Waals surface area contributed by atoms with Gasteiger partial charge in [-0.15, -0.1) is 0 Å². The number of rotatable bonds is 5. The highest BCUT2D eigenvalue weighted by molar-refractivity contribution is 6.46. The van der Waals surface area contributed by atoms with Gasteiger partial charge in [0.25, 0.3) is 11.7 Å². The van der Waals surface area contributed by atoms with Gasteiger partial charge in [0.05, 0.1) is 24.4 Å². The van der Waals surface area contributed by atoms with Crippen LogP contribution in [0.1, 0.15) is 22.9 Å². The number of carbonyl (C=O) groups excluding carboxylic acids is 2. The maximum Gasteiger partial charge on any atom is 0.296 e. The minimum absolute atomic E-state index is 0.0384.